The van der Waals surface area contributed by atoms with Crippen molar-refractivity contribution in [2.24, 2.45) is 0 Å². The predicted molar refractivity (Wildman–Crippen MR) is 143 cm³/mol. The Morgan fingerprint density at radius 3 is 2.42 bits per heavy atom. The monoisotopic (exact) mass is 543 g/mol. The van der Waals surface area contributed by atoms with E-state index in [1.54, 1.807) is 18.2 Å². The lowest BCUT2D eigenvalue weighted by Crippen LogP contribution is -2.54. The van der Waals surface area contributed by atoms with Crippen LogP contribution < -0.4 is 24.4 Å². The fourth-order valence-electron chi connectivity index (χ4n) is 3.72. The molecule has 1 saturated heterocycles. The van der Waals surface area contributed by atoms with Crippen molar-refractivity contribution in [3.63, 3.8) is 0 Å². The number of esters is 1. The number of urea groups is 1. The number of rotatable bonds is 8. The standard InChI is InChI=1S/C28H21N3O9/c1-38-21-8-4-6-19(16-21)30-27(34)22(26(33)29-28(30)35)14-18-9-11-23(24(15-18)39-2)40-25(32)12-10-17-5-3-7-20(13-17)31(36)37/h3-16H,1-2H3,(H,29,33,35)/b12-10+,22-14+. The van der Waals surface area contributed by atoms with E-state index in [4.69, 9.17) is 14.2 Å². The van der Waals surface area contributed by atoms with Crippen molar-refractivity contribution in [2.75, 3.05) is 19.1 Å². The van der Waals surface area contributed by atoms with E-state index in [9.17, 15) is 29.3 Å². The van der Waals surface area contributed by atoms with Crippen LogP contribution in [0.3, 0.4) is 0 Å². The maximum absolute atomic E-state index is 13.2. The number of ether oxygens (including phenoxy) is 3. The molecule has 1 fully saturated rings. The largest absolute Gasteiger partial charge is 0.497 e. The number of hydrogen-bond acceptors (Lipinski definition) is 9. The van der Waals surface area contributed by atoms with Gasteiger partial charge in [-0.15, -0.1) is 0 Å². The van der Waals surface area contributed by atoms with Crippen molar-refractivity contribution in [1.29, 1.82) is 0 Å². The van der Waals surface area contributed by atoms with Crippen LogP contribution in [0, 0.1) is 10.1 Å². The third-order valence-corrected chi connectivity index (χ3v) is 5.62. The average Bonchev–Trinajstić information content (AvgIpc) is 2.95. The van der Waals surface area contributed by atoms with Gasteiger partial charge in [-0.1, -0.05) is 24.3 Å². The summed E-state index contributed by atoms with van der Waals surface area (Å²) in [6.45, 7) is 0. The Morgan fingerprint density at radius 2 is 1.70 bits per heavy atom. The van der Waals surface area contributed by atoms with Gasteiger partial charge >= 0.3 is 12.0 Å². The van der Waals surface area contributed by atoms with E-state index in [1.165, 1.54) is 74.9 Å². The highest BCUT2D eigenvalue weighted by molar-refractivity contribution is 6.39. The zero-order valence-corrected chi connectivity index (χ0v) is 21.2. The molecule has 0 atom stereocenters. The van der Waals surface area contributed by atoms with E-state index < -0.39 is 28.7 Å². The number of nitro groups is 1. The van der Waals surface area contributed by atoms with E-state index in [1.807, 2.05) is 0 Å². The minimum atomic E-state index is -0.904. The molecule has 3 aromatic rings. The molecule has 0 saturated carbocycles. The minimum Gasteiger partial charge on any atom is -0.497 e. The molecule has 0 radical (unpaired) electrons. The highest BCUT2D eigenvalue weighted by atomic mass is 16.6. The van der Waals surface area contributed by atoms with Crippen LogP contribution in [0.2, 0.25) is 0 Å². The Balaban J connectivity index is 1.55. The van der Waals surface area contributed by atoms with E-state index in [0.29, 0.717) is 16.9 Å². The summed E-state index contributed by atoms with van der Waals surface area (Å²) in [6.07, 6.45) is 3.74. The van der Waals surface area contributed by atoms with Gasteiger partial charge in [0.1, 0.15) is 11.3 Å². The van der Waals surface area contributed by atoms with Crippen molar-refractivity contribution in [3.05, 3.63) is 99.6 Å². The number of barbiturate groups is 1. The summed E-state index contributed by atoms with van der Waals surface area (Å²) < 4.78 is 15.8. The molecule has 12 heteroatoms. The summed E-state index contributed by atoms with van der Waals surface area (Å²) in [5.41, 5.74) is 0.551. The molecule has 4 amide bonds. The number of nitrogens with one attached hydrogen (secondary N) is 1. The second kappa shape index (κ2) is 11.7. The van der Waals surface area contributed by atoms with E-state index in [0.717, 1.165) is 11.0 Å². The fraction of sp³-hybridized carbons (Fsp3) is 0.0714. The Labute approximate surface area is 227 Å². The second-order valence-electron chi connectivity index (χ2n) is 8.18. The Kier molecular flexibility index (Phi) is 7.99. The third-order valence-electron chi connectivity index (χ3n) is 5.62. The molecule has 0 aliphatic carbocycles. The predicted octanol–water partition coefficient (Wildman–Crippen LogP) is 3.90. The summed E-state index contributed by atoms with van der Waals surface area (Å²) in [7, 11) is 2.78. The van der Waals surface area contributed by atoms with Crippen LogP contribution in [0.5, 0.6) is 17.2 Å². The molecule has 1 heterocycles. The maximum atomic E-state index is 13.2. The summed E-state index contributed by atoms with van der Waals surface area (Å²) in [4.78, 5) is 61.7. The SMILES string of the molecule is COc1cccc(N2C(=O)NC(=O)/C(=C\c3ccc(OC(=O)/C=C/c4cccc([N+](=O)[O-])c4)c(OC)c3)C2=O)c1. The number of imide groups is 2. The van der Waals surface area contributed by atoms with E-state index >= 15 is 0 Å². The average molecular weight is 543 g/mol. The highest BCUT2D eigenvalue weighted by Gasteiger charge is 2.37. The van der Waals surface area contributed by atoms with Gasteiger partial charge in [0.05, 0.1) is 24.8 Å². The molecule has 40 heavy (non-hydrogen) atoms. The Morgan fingerprint density at radius 1 is 0.925 bits per heavy atom. The van der Waals surface area contributed by atoms with Gasteiger partial charge in [-0.25, -0.2) is 14.5 Å². The molecule has 0 unspecified atom stereocenters. The fourth-order valence-corrected chi connectivity index (χ4v) is 3.72. The summed E-state index contributed by atoms with van der Waals surface area (Å²) >= 11 is 0. The highest BCUT2D eigenvalue weighted by Crippen LogP contribution is 2.30. The first-order valence-corrected chi connectivity index (χ1v) is 11.6. The number of carbonyl (C=O) groups is 4. The molecule has 12 nitrogen and oxygen atoms in total. The number of methoxy groups -OCH3 is 2. The molecular weight excluding hydrogens is 522 g/mol. The molecule has 1 N–H and O–H groups in total. The molecular formula is C28H21N3O9. The normalized spacial score (nSPS) is 14.3. The first-order valence-electron chi connectivity index (χ1n) is 11.6. The van der Waals surface area contributed by atoms with Crippen LogP contribution >= 0.6 is 0 Å². The van der Waals surface area contributed by atoms with Crippen molar-refractivity contribution in [1.82, 2.24) is 5.32 Å². The number of benzene rings is 3. The van der Waals surface area contributed by atoms with Crippen LogP contribution in [0.15, 0.2) is 78.4 Å². The molecule has 3 aromatic carbocycles. The minimum absolute atomic E-state index is 0.0472. The quantitative estimate of drug-likeness (QED) is 0.111. The van der Waals surface area contributed by atoms with Crippen LogP contribution in [0.1, 0.15) is 11.1 Å². The molecule has 4 rings (SSSR count). The van der Waals surface area contributed by atoms with Crippen LogP contribution in [-0.2, 0) is 14.4 Å². The number of amides is 4. The van der Waals surface area contributed by atoms with Gasteiger partial charge in [-0.2, -0.15) is 0 Å². The Hall–Kier alpha value is -5.78. The first kappa shape index (κ1) is 27.3. The van der Waals surface area contributed by atoms with Crippen molar-refractivity contribution in [2.45, 2.75) is 0 Å². The molecule has 0 aromatic heterocycles. The zero-order chi connectivity index (χ0) is 28.8. The van der Waals surface area contributed by atoms with Gasteiger partial charge in [0.2, 0.25) is 0 Å². The van der Waals surface area contributed by atoms with Crippen LogP contribution in [-0.4, -0.2) is 43.0 Å². The van der Waals surface area contributed by atoms with Gasteiger partial charge < -0.3 is 14.2 Å². The molecule has 1 aliphatic heterocycles. The lowest BCUT2D eigenvalue weighted by Gasteiger charge is -2.26. The van der Waals surface area contributed by atoms with Gasteiger partial charge in [-0.05, 0) is 47.5 Å². The van der Waals surface area contributed by atoms with E-state index in [2.05, 4.69) is 5.32 Å². The first-order chi connectivity index (χ1) is 19.2. The van der Waals surface area contributed by atoms with Gasteiger partial charge in [0.15, 0.2) is 11.5 Å². The smallest absolute Gasteiger partial charge is 0.336 e. The zero-order valence-electron chi connectivity index (χ0n) is 21.2. The summed E-state index contributed by atoms with van der Waals surface area (Å²) in [6, 6.07) is 15.4. The topological polar surface area (TPSA) is 154 Å². The number of hydrogen-bond donors (Lipinski definition) is 1. The van der Waals surface area contributed by atoms with Crippen molar-refractivity contribution < 1.29 is 38.3 Å². The summed E-state index contributed by atoms with van der Waals surface area (Å²) in [5, 5.41) is 13.1. The number of nitrogens with zero attached hydrogens (tertiary/aromatic N) is 2. The van der Waals surface area contributed by atoms with Crippen LogP contribution in [0.4, 0.5) is 16.2 Å². The van der Waals surface area contributed by atoms with Gasteiger partial charge in [0.25, 0.3) is 17.5 Å². The van der Waals surface area contributed by atoms with Crippen molar-refractivity contribution in [3.8, 4) is 17.2 Å². The van der Waals surface area contributed by atoms with Crippen LogP contribution in [0.25, 0.3) is 12.2 Å². The third kappa shape index (κ3) is 6.02. The number of anilines is 1. The maximum Gasteiger partial charge on any atom is 0.336 e. The number of non-ortho nitro benzene ring substituents is 1. The molecule has 202 valence electrons. The molecule has 1 aliphatic rings. The number of carbonyl (C=O) groups excluding carboxylic acids is 4. The van der Waals surface area contributed by atoms with E-state index in [-0.39, 0.29) is 28.4 Å². The summed E-state index contributed by atoms with van der Waals surface area (Å²) in [5.74, 6) is -1.92. The molecule has 0 bridgehead atoms. The molecule has 0 spiro atoms. The van der Waals surface area contributed by atoms with Crippen molar-refractivity contribution >= 4 is 47.3 Å². The second-order valence-corrected chi connectivity index (χ2v) is 8.18. The van der Waals surface area contributed by atoms with Gasteiger partial charge in [-0.3, -0.25) is 25.0 Å². The van der Waals surface area contributed by atoms with Gasteiger partial charge in [0, 0.05) is 24.3 Å². The number of nitro benzene ring substituents is 1. The Bertz CT molecular complexity index is 1590. The lowest BCUT2D eigenvalue weighted by atomic mass is 10.1. The lowest BCUT2D eigenvalue weighted by molar-refractivity contribution is -0.384.